The van der Waals surface area contributed by atoms with E-state index in [2.05, 4.69) is 27.2 Å². The Balaban J connectivity index is 1.58. The van der Waals surface area contributed by atoms with Gasteiger partial charge in [-0.2, -0.15) is 0 Å². The normalized spacial score (nSPS) is 15.1. The molecule has 0 saturated carbocycles. The molecule has 1 N–H and O–H groups in total. The molecule has 1 aliphatic heterocycles. The molecule has 2 aromatic carbocycles. The lowest BCUT2D eigenvalue weighted by atomic mass is 10.1. The van der Waals surface area contributed by atoms with Gasteiger partial charge in [0.05, 0.1) is 18.0 Å². The van der Waals surface area contributed by atoms with Gasteiger partial charge in [-0.25, -0.2) is 22.7 Å². The van der Waals surface area contributed by atoms with E-state index in [1.807, 2.05) is 32.0 Å². The van der Waals surface area contributed by atoms with Crippen molar-refractivity contribution < 1.29 is 17.9 Å². The number of nitrogens with one attached hydrogen (secondary N) is 1. The van der Waals surface area contributed by atoms with Crippen LogP contribution < -0.4 is 14.8 Å². The third kappa shape index (κ3) is 7.39. The van der Waals surface area contributed by atoms with Gasteiger partial charge in [0.25, 0.3) is 0 Å². The molecule has 39 heavy (non-hydrogen) atoms. The number of benzene rings is 2. The first-order chi connectivity index (χ1) is 18.5. The number of ether oxygens (including phenoxy) is 2. The van der Waals surface area contributed by atoms with Crippen LogP contribution in [0.3, 0.4) is 0 Å². The number of halogens is 1. The number of likely N-dealkylation sites (tertiary alicyclic amines) is 1. The highest BCUT2D eigenvalue weighted by Crippen LogP contribution is 2.32. The lowest BCUT2D eigenvalue weighted by Gasteiger charge is -2.29. The van der Waals surface area contributed by atoms with E-state index in [4.69, 9.17) is 21.1 Å². The van der Waals surface area contributed by atoms with Crippen molar-refractivity contribution in [3.8, 4) is 11.5 Å². The maximum absolute atomic E-state index is 12.8. The Labute approximate surface area is 236 Å². The number of hydrogen-bond donors (Lipinski definition) is 1. The van der Waals surface area contributed by atoms with Crippen LogP contribution in [0.2, 0.25) is 5.02 Å². The summed E-state index contributed by atoms with van der Waals surface area (Å²) in [6, 6.07) is 12.5. The minimum atomic E-state index is -3.68. The summed E-state index contributed by atoms with van der Waals surface area (Å²) < 4.78 is 39.2. The van der Waals surface area contributed by atoms with Crippen molar-refractivity contribution in [3.63, 3.8) is 0 Å². The second kappa shape index (κ2) is 12.5. The largest absolute Gasteiger partial charge is 0.491 e. The Hall–Kier alpha value is -2.92. The zero-order valence-electron chi connectivity index (χ0n) is 23.0. The van der Waals surface area contributed by atoms with Gasteiger partial charge in [0.2, 0.25) is 10.0 Å². The second-order valence-electron chi connectivity index (χ2n) is 10.1. The van der Waals surface area contributed by atoms with Crippen molar-refractivity contribution in [2.24, 2.45) is 0 Å². The maximum atomic E-state index is 12.8. The van der Waals surface area contributed by atoms with Gasteiger partial charge in [-0.3, -0.25) is 0 Å². The number of anilines is 2. The van der Waals surface area contributed by atoms with E-state index in [9.17, 15) is 8.42 Å². The third-order valence-corrected chi connectivity index (χ3v) is 8.56. The van der Waals surface area contributed by atoms with Gasteiger partial charge in [0, 0.05) is 45.2 Å². The molecule has 9 nitrogen and oxygen atoms in total. The van der Waals surface area contributed by atoms with Crippen LogP contribution in [0.15, 0.2) is 53.6 Å². The molecule has 0 bridgehead atoms. The monoisotopic (exact) mass is 573 g/mol. The minimum Gasteiger partial charge on any atom is -0.491 e. The molecule has 4 rings (SSSR count). The number of rotatable bonds is 10. The van der Waals surface area contributed by atoms with E-state index in [1.54, 1.807) is 24.3 Å². The van der Waals surface area contributed by atoms with Crippen LogP contribution in [-0.4, -0.2) is 74.0 Å². The minimum absolute atomic E-state index is 0.0270. The highest BCUT2D eigenvalue weighted by atomic mass is 35.5. The van der Waals surface area contributed by atoms with Crippen LogP contribution in [0.5, 0.6) is 11.5 Å². The molecular weight excluding hydrogens is 538 g/mol. The van der Waals surface area contributed by atoms with Crippen LogP contribution in [0, 0.1) is 0 Å². The Morgan fingerprint density at radius 1 is 1.15 bits per heavy atom. The molecule has 1 saturated heterocycles. The number of para-hydroxylation sites is 1. The maximum Gasteiger partial charge on any atom is 0.244 e. The summed E-state index contributed by atoms with van der Waals surface area (Å²) in [6.45, 7) is 6.00. The highest BCUT2D eigenvalue weighted by Gasteiger charge is 2.22. The van der Waals surface area contributed by atoms with E-state index in [0.717, 1.165) is 41.5 Å². The van der Waals surface area contributed by atoms with Gasteiger partial charge in [-0.1, -0.05) is 29.8 Å². The lowest BCUT2D eigenvalue weighted by Crippen LogP contribution is -2.35. The van der Waals surface area contributed by atoms with E-state index in [1.165, 1.54) is 20.3 Å². The summed E-state index contributed by atoms with van der Waals surface area (Å²) in [7, 11) is 1.43. The zero-order chi connectivity index (χ0) is 28.2. The van der Waals surface area contributed by atoms with E-state index >= 15 is 0 Å². The molecule has 0 radical (unpaired) electrons. The molecule has 0 unspecified atom stereocenters. The summed E-state index contributed by atoms with van der Waals surface area (Å²) in [5.41, 5.74) is 1.28. The summed E-state index contributed by atoms with van der Waals surface area (Å²) in [5.74, 6) is 2.32. The molecular formula is C28H36ClN5O4S. The molecule has 0 atom stereocenters. The molecule has 0 spiro atoms. The fraction of sp³-hybridized carbons (Fsp3) is 0.429. The summed E-state index contributed by atoms with van der Waals surface area (Å²) in [6.07, 6.45) is 4.04. The quantitative estimate of drug-likeness (QED) is 0.363. The van der Waals surface area contributed by atoms with Gasteiger partial charge >= 0.3 is 0 Å². The number of hydrogen-bond acceptors (Lipinski definition) is 8. The first kappa shape index (κ1) is 29.1. The van der Waals surface area contributed by atoms with E-state index < -0.39 is 10.0 Å². The topological polar surface area (TPSA) is 96.9 Å². The zero-order valence-corrected chi connectivity index (χ0v) is 24.6. The average Bonchev–Trinajstić information content (AvgIpc) is 2.88. The Morgan fingerprint density at radius 2 is 1.87 bits per heavy atom. The van der Waals surface area contributed by atoms with Crippen molar-refractivity contribution in [1.82, 2.24) is 19.2 Å². The smallest absolute Gasteiger partial charge is 0.244 e. The highest BCUT2D eigenvalue weighted by molar-refractivity contribution is 7.89. The van der Waals surface area contributed by atoms with Crippen LogP contribution in [0.25, 0.3) is 0 Å². The molecule has 210 valence electrons. The first-order valence-corrected chi connectivity index (χ1v) is 14.8. The number of nitrogens with zero attached hydrogens (tertiary/aromatic N) is 4. The van der Waals surface area contributed by atoms with Gasteiger partial charge in [0.1, 0.15) is 33.3 Å². The van der Waals surface area contributed by atoms with Crippen LogP contribution in [0.4, 0.5) is 11.5 Å². The average molecular weight is 574 g/mol. The first-order valence-electron chi connectivity index (χ1n) is 13.0. The SMILES string of the molecule is CC(C)Oc1cc(OC2CCN(C)CC2)ccc1Cc1ncc(Cl)c(Nc2ccccc2S(=O)(=O)N(C)C)n1. The standard InChI is InChI=1S/C28H36ClN5O4S/c1-19(2)37-25-17-22(38-21-12-14-34(5)15-13-21)11-10-20(25)16-27-30-18-23(29)28(32-27)31-24-8-6-7-9-26(24)39(35,36)33(3)4/h6-11,17-19,21H,12-16H2,1-5H3,(H,30,31,32). The fourth-order valence-corrected chi connectivity index (χ4v) is 5.46. The van der Waals surface area contributed by atoms with Crippen LogP contribution in [-0.2, 0) is 16.4 Å². The Morgan fingerprint density at radius 3 is 2.56 bits per heavy atom. The molecule has 1 aromatic heterocycles. The Bertz CT molecular complexity index is 1390. The Kier molecular flexibility index (Phi) is 9.32. The van der Waals surface area contributed by atoms with Gasteiger partial charge in [-0.15, -0.1) is 0 Å². The van der Waals surface area contributed by atoms with Crippen LogP contribution in [0.1, 0.15) is 38.1 Å². The summed E-state index contributed by atoms with van der Waals surface area (Å²) in [5, 5.41) is 3.36. The molecule has 1 fully saturated rings. The van der Waals surface area contributed by atoms with Crippen molar-refractivity contribution >= 4 is 33.1 Å². The van der Waals surface area contributed by atoms with Crippen molar-refractivity contribution in [1.29, 1.82) is 0 Å². The fourth-order valence-electron chi connectivity index (χ4n) is 4.28. The van der Waals surface area contributed by atoms with Crippen molar-refractivity contribution in [3.05, 3.63) is 65.1 Å². The summed E-state index contributed by atoms with van der Waals surface area (Å²) >= 11 is 6.41. The number of aromatic nitrogens is 2. The molecule has 2 heterocycles. The van der Waals surface area contributed by atoms with E-state index in [0.29, 0.717) is 29.5 Å². The predicted octanol–water partition coefficient (Wildman–Crippen LogP) is 4.97. The third-order valence-electron chi connectivity index (χ3n) is 6.41. The summed E-state index contributed by atoms with van der Waals surface area (Å²) in [4.78, 5) is 11.5. The molecule has 1 aliphatic rings. The lowest BCUT2D eigenvalue weighted by molar-refractivity contribution is 0.114. The second-order valence-corrected chi connectivity index (χ2v) is 12.7. The number of sulfonamides is 1. The molecule has 0 aliphatic carbocycles. The van der Waals surface area contributed by atoms with Crippen molar-refractivity contribution in [2.75, 3.05) is 39.5 Å². The van der Waals surface area contributed by atoms with Gasteiger partial charge in [0.15, 0.2) is 5.82 Å². The van der Waals surface area contributed by atoms with Crippen LogP contribution >= 0.6 is 11.6 Å². The number of piperidine rings is 1. The van der Waals surface area contributed by atoms with Gasteiger partial charge < -0.3 is 19.7 Å². The van der Waals surface area contributed by atoms with Gasteiger partial charge in [-0.05, 0) is 51.9 Å². The molecule has 11 heteroatoms. The van der Waals surface area contributed by atoms with Crippen molar-refractivity contribution in [2.45, 2.75) is 50.2 Å². The molecule has 0 amide bonds. The molecule has 3 aromatic rings. The predicted molar refractivity (Wildman–Crippen MR) is 154 cm³/mol. The van der Waals surface area contributed by atoms with E-state index in [-0.39, 0.29) is 22.1 Å².